The molecule has 0 unspecified atom stereocenters. The van der Waals surface area contributed by atoms with E-state index in [0.717, 1.165) is 30.4 Å². The molecule has 1 fully saturated rings. The Labute approximate surface area is 128 Å². The van der Waals surface area contributed by atoms with Crippen LogP contribution in [0, 0.1) is 0 Å². The predicted molar refractivity (Wildman–Crippen MR) is 82.8 cm³/mol. The number of nitrogens with zero attached hydrogens (tertiary/aromatic N) is 1. The topological polar surface area (TPSA) is 41.6 Å². The summed E-state index contributed by atoms with van der Waals surface area (Å²) in [6, 6.07) is 6.35. The van der Waals surface area contributed by atoms with Gasteiger partial charge in [-0.15, -0.1) is 0 Å². The van der Waals surface area contributed by atoms with Gasteiger partial charge < -0.3 is 15.0 Å². The first-order valence-corrected chi connectivity index (χ1v) is 7.80. The monoisotopic (exact) mass is 340 g/mol. The molecule has 0 atom stereocenters. The lowest BCUT2D eigenvalue weighted by Gasteiger charge is -2.20. The molecule has 0 aromatic heterocycles. The molecule has 110 valence electrons. The number of hydrogen-bond acceptors (Lipinski definition) is 3. The molecule has 1 amide bonds. The van der Waals surface area contributed by atoms with Crippen molar-refractivity contribution in [2.75, 3.05) is 20.2 Å². The third-order valence-electron chi connectivity index (χ3n) is 3.38. The van der Waals surface area contributed by atoms with Gasteiger partial charge >= 0.3 is 0 Å². The lowest BCUT2D eigenvalue weighted by molar-refractivity contribution is -0.133. The Morgan fingerprint density at radius 1 is 1.50 bits per heavy atom. The lowest BCUT2D eigenvalue weighted by Crippen LogP contribution is -2.36. The Morgan fingerprint density at radius 2 is 2.25 bits per heavy atom. The number of ether oxygens (including phenoxy) is 1. The van der Waals surface area contributed by atoms with E-state index in [9.17, 15) is 4.79 Å². The second kappa shape index (κ2) is 7.09. The number of halogens is 1. The minimum absolute atomic E-state index is 0.0706. The second-order valence-electron chi connectivity index (χ2n) is 4.99. The van der Waals surface area contributed by atoms with Crippen molar-refractivity contribution in [3.63, 3.8) is 0 Å². The van der Waals surface area contributed by atoms with Crippen LogP contribution in [-0.4, -0.2) is 37.0 Å². The molecule has 1 aliphatic carbocycles. The van der Waals surface area contributed by atoms with E-state index in [0.29, 0.717) is 11.8 Å². The van der Waals surface area contributed by atoms with Crippen LogP contribution >= 0.6 is 15.9 Å². The van der Waals surface area contributed by atoms with E-state index in [4.69, 9.17) is 4.74 Å². The molecule has 5 heteroatoms. The Balaban J connectivity index is 1.91. The van der Waals surface area contributed by atoms with Crippen LogP contribution in [0.4, 0.5) is 0 Å². The van der Waals surface area contributed by atoms with E-state index in [-0.39, 0.29) is 12.5 Å². The van der Waals surface area contributed by atoms with Crippen LogP contribution < -0.4 is 10.1 Å². The van der Waals surface area contributed by atoms with Gasteiger partial charge in [-0.05, 0) is 60.4 Å². The molecule has 0 heterocycles. The van der Waals surface area contributed by atoms with Gasteiger partial charge in [0.25, 0.3) is 5.91 Å². The summed E-state index contributed by atoms with van der Waals surface area (Å²) >= 11 is 3.48. The Hall–Kier alpha value is -1.07. The molecule has 2 rings (SSSR count). The van der Waals surface area contributed by atoms with E-state index in [1.165, 1.54) is 5.56 Å². The second-order valence-corrected chi connectivity index (χ2v) is 5.85. The highest BCUT2D eigenvalue weighted by atomic mass is 79.9. The van der Waals surface area contributed by atoms with Gasteiger partial charge in [0.2, 0.25) is 0 Å². The first kappa shape index (κ1) is 15.3. The number of hydrogen-bond donors (Lipinski definition) is 1. The Bertz CT molecular complexity index is 475. The number of carbonyl (C=O) groups is 1. The van der Waals surface area contributed by atoms with Crippen LogP contribution in [0.1, 0.15) is 25.3 Å². The van der Waals surface area contributed by atoms with Gasteiger partial charge in [0.1, 0.15) is 5.75 Å². The lowest BCUT2D eigenvalue weighted by atomic mass is 10.2. The molecule has 0 radical (unpaired) electrons. The molecule has 1 aromatic rings. The van der Waals surface area contributed by atoms with Gasteiger partial charge in [0, 0.05) is 19.1 Å². The van der Waals surface area contributed by atoms with Crippen LogP contribution in [0.3, 0.4) is 0 Å². The zero-order chi connectivity index (χ0) is 14.5. The molecule has 0 aliphatic heterocycles. The van der Waals surface area contributed by atoms with E-state index in [2.05, 4.69) is 21.2 Å². The summed E-state index contributed by atoms with van der Waals surface area (Å²) in [5.74, 6) is 0.784. The fourth-order valence-corrected chi connectivity index (χ4v) is 2.76. The number of likely N-dealkylation sites (N-methyl/N-ethyl adjacent to an activating group) is 1. The summed E-state index contributed by atoms with van der Waals surface area (Å²) in [7, 11) is 1.91. The standard InChI is InChI=1S/C15H21BrN2O2/c1-3-18(12-5-6-12)15(19)10-20-14-7-4-11(9-17-2)8-13(14)16/h4,7-8,12,17H,3,5-6,9-10H2,1-2H3. The molecule has 4 nitrogen and oxygen atoms in total. The van der Waals surface area contributed by atoms with Crippen molar-refractivity contribution in [3.8, 4) is 5.75 Å². The van der Waals surface area contributed by atoms with Gasteiger partial charge in [-0.3, -0.25) is 4.79 Å². The summed E-state index contributed by atoms with van der Waals surface area (Å²) in [5, 5.41) is 3.10. The van der Waals surface area contributed by atoms with E-state index >= 15 is 0 Å². The summed E-state index contributed by atoms with van der Waals surface area (Å²) in [5.41, 5.74) is 1.17. The molecular formula is C15H21BrN2O2. The average Bonchev–Trinajstić information content (AvgIpc) is 3.24. The number of rotatable bonds is 7. The summed E-state index contributed by atoms with van der Waals surface area (Å²) in [6.07, 6.45) is 2.25. The van der Waals surface area contributed by atoms with Crippen molar-refractivity contribution in [3.05, 3.63) is 28.2 Å². The van der Waals surface area contributed by atoms with E-state index < -0.39 is 0 Å². The number of amides is 1. The zero-order valence-corrected chi connectivity index (χ0v) is 13.6. The van der Waals surface area contributed by atoms with E-state index in [1.807, 2.05) is 37.1 Å². The van der Waals surface area contributed by atoms with Gasteiger partial charge in [-0.1, -0.05) is 6.07 Å². The summed E-state index contributed by atoms with van der Waals surface area (Å²) < 4.78 is 6.52. The smallest absolute Gasteiger partial charge is 0.260 e. The van der Waals surface area contributed by atoms with Crippen LogP contribution in [0.15, 0.2) is 22.7 Å². The van der Waals surface area contributed by atoms with Crippen LogP contribution in [-0.2, 0) is 11.3 Å². The molecular weight excluding hydrogens is 320 g/mol. The number of nitrogens with one attached hydrogen (secondary N) is 1. The van der Waals surface area contributed by atoms with Crippen LogP contribution in [0.2, 0.25) is 0 Å². The fraction of sp³-hybridized carbons (Fsp3) is 0.533. The fourth-order valence-electron chi connectivity index (χ4n) is 2.22. The number of carbonyl (C=O) groups excluding carboxylic acids is 1. The molecule has 0 spiro atoms. The average molecular weight is 341 g/mol. The van der Waals surface area contributed by atoms with Gasteiger partial charge in [0.05, 0.1) is 4.47 Å². The maximum atomic E-state index is 12.1. The quantitative estimate of drug-likeness (QED) is 0.829. The largest absolute Gasteiger partial charge is 0.483 e. The number of benzene rings is 1. The zero-order valence-electron chi connectivity index (χ0n) is 12.0. The first-order valence-electron chi connectivity index (χ1n) is 7.01. The van der Waals surface area contributed by atoms with Crippen LogP contribution in [0.25, 0.3) is 0 Å². The molecule has 1 N–H and O–H groups in total. The molecule has 1 saturated carbocycles. The first-order chi connectivity index (χ1) is 9.65. The normalized spacial score (nSPS) is 14.2. The van der Waals surface area contributed by atoms with Gasteiger partial charge in [0.15, 0.2) is 6.61 Å². The third-order valence-corrected chi connectivity index (χ3v) is 4.00. The molecule has 0 bridgehead atoms. The van der Waals surface area contributed by atoms with E-state index in [1.54, 1.807) is 0 Å². The molecule has 1 aromatic carbocycles. The molecule has 1 aliphatic rings. The van der Waals surface area contributed by atoms with Crippen molar-refractivity contribution >= 4 is 21.8 Å². The van der Waals surface area contributed by atoms with Crippen LogP contribution in [0.5, 0.6) is 5.75 Å². The summed E-state index contributed by atoms with van der Waals surface area (Å²) in [4.78, 5) is 14.0. The van der Waals surface area contributed by atoms with Gasteiger partial charge in [-0.2, -0.15) is 0 Å². The summed E-state index contributed by atoms with van der Waals surface area (Å²) in [6.45, 7) is 3.69. The maximum absolute atomic E-state index is 12.1. The maximum Gasteiger partial charge on any atom is 0.260 e. The Kier molecular flexibility index (Phi) is 5.43. The van der Waals surface area contributed by atoms with Crippen molar-refractivity contribution < 1.29 is 9.53 Å². The Morgan fingerprint density at radius 3 is 2.80 bits per heavy atom. The SMILES string of the molecule is CCN(C(=O)COc1ccc(CNC)cc1Br)C1CC1. The highest BCUT2D eigenvalue weighted by Gasteiger charge is 2.31. The minimum Gasteiger partial charge on any atom is -0.483 e. The minimum atomic E-state index is 0.0706. The van der Waals surface area contributed by atoms with Crippen molar-refractivity contribution in [2.45, 2.75) is 32.4 Å². The van der Waals surface area contributed by atoms with Crippen molar-refractivity contribution in [1.82, 2.24) is 10.2 Å². The predicted octanol–water partition coefficient (Wildman–Crippen LogP) is 2.56. The van der Waals surface area contributed by atoms with Gasteiger partial charge in [-0.25, -0.2) is 0 Å². The highest BCUT2D eigenvalue weighted by Crippen LogP contribution is 2.28. The molecule has 0 saturated heterocycles. The third kappa shape index (κ3) is 3.96. The van der Waals surface area contributed by atoms with Crippen molar-refractivity contribution in [1.29, 1.82) is 0 Å². The highest BCUT2D eigenvalue weighted by molar-refractivity contribution is 9.10. The molecule has 20 heavy (non-hydrogen) atoms. The van der Waals surface area contributed by atoms with Crippen molar-refractivity contribution in [2.24, 2.45) is 0 Å².